The number of hydrazone groups is 1. The number of nitrogens with one attached hydrogen (secondary N) is 1. The highest BCUT2D eigenvalue weighted by Crippen LogP contribution is 2.05. The first kappa shape index (κ1) is 11.5. The molecule has 0 radical (unpaired) electrons. The van der Waals surface area contributed by atoms with E-state index in [9.17, 15) is 4.79 Å². The first-order valence-corrected chi connectivity index (χ1v) is 4.83. The molecular weight excluding hydrogens is 216 g/mol. The molecule has 0 aliphatic rings. The third-order valence-electron chi connectivity index (χ3n) is 1.50. The molecule has 0 saturated heterocycles. The van der Waals surface area contributed by atoms with Crippen LogP contribution < -0.4 is 5.43 Å². The van der Waals surface area contributed by atoms with Crippen molar-refractivity contribution in [1.82, 2.24) is 0 Å². The van der Waals surface area contributed by atoms with Crippen molar-refractivity contribution < 1.29 is 9.53 Å². The second kappa shape index (κ2) is 6.03. The molecule has 0 aliphatic heterocycles. The van der Waals surface area contributed by atoms with E-state index < -0.39 is 5.97 Å². The lowest BCUT2D eigenvalue weighted by Crippen LogP contribution is -2.13. The van der Waals surface area contributed by atoms with Crippen molar-refractivity contribution >= 4 is 28.4 Å². The molecule has 1 aromatic rings. The number of esters is 1. The highest BCUT2D eigenvalue weighted by molar-refractivity contribution is 6.82. The van der Waals surface area contributed by atoms with Crippen molar-refractivity contribution in [2.24, 2.45) is 5.10 Å². The molecule has 15 heavy (non-hydrogen) atoms. The molecule has 1 rings (SSSR count). The molecule has 0 atom stereocenters. The summed E-state index contributed by atoms with van der Waals surface area (Å²) < 4.78 is 4.65. The fraction of sp³-hybridized carbons (Fsp3) is 0.200. The highest BCUT2D eigenvalue weighted by Gasteiger charge is 2.08. The van der Waals surface area contributed by atoms with Crippen LogP contribution in [0.25, 0.3) is 0 Å². The lowest BCUT2D eigenvalue weighted by Gasteiger charge is -2.01. The quantitative estimate of drug-likeness (QED) is 0.487. The minimum Gasteiger partial charge on any atom is -0.461 e. The van der Waals surface area contributed by atoms with Gasteiger partial charge in [0.1, 0.15) is 0 Å². The van der Waals surface area contributed by atoms with E-state index in [1.165, 1.54) is 0 Å². The molecule has 0 amide bonds. The van der Waals surface area contributed by atoms with Crippen LogP contribution in [0.4, 0.5) is 5.69 Å². The standard InChI is InChI=1S/C10H11ClN2O2/c1-2-15-10(14)9(11)13-12-8-6-4-3-5-7-8/h3-7,12H,2H2,1H3/b13-9-. The molecule has 1 aromatic carbocycles. The van der Waals surface area contributed by atoms with Gasteiger partial charge in [0.15, 0.2) is 0 Å². The van der Waals surface area contributed by atoms with E-state index in [2.05, 4.69) is 15.3 Å². The van der Waals surface area contributed by atoms with E-state index in [0.29, 0.717) is 0 Å². The van der Waals surface area contributed by atoms with Crippen LogP contribution in [0.1, 0.15) is 6.92 Å². The van der Waals surface area contributed by atoms with Crippen molar-refractivity contribution in [3.05, 3.63) is 30.3 Å². The Bertz CT molecular complexity index is 352. The number of hydrogen-bond donors (Lipinski definition) is 1. The number of benzene rings is 1. The molecule has 0 fully saturated rings. The van der Waals surface area contributed by atoms with Gasteiger partial charge in [0.25, 0.3) is 0 Å². The van der Waals surface area contributed by atoms with Gasteiger partial charge >= 0.3 is 5.97 Å². The van der Waals surface area contributed by atoms with Crippen LogP contribution >= 0.6 is 11.6 Å². The van der Waals surface area contributed by atoms with Crippen LogP contribution in [-0.4, -0.2) is 17.7 Å². The molecule has 0 spiro atoms. The zero-order valence-corrected chi connectivity index (χ0v) is 8.99. The van der Waals surface area contributed by atoms with Gasteiger partial charge in [0, 0.05) is 0 Å². The van der Waals surface area contributed by atoms with Gasteiger partial charge in [-0.2, -0.15) is 5.10 Å². The van der Waals surface area contributed by atoms with Crippen molar-refractivity contribution in [3.8, 4) is 0 Å². The molecule has 0 bridgehead atoms. The van der Waals surface area contributed by atoms with Crippen LogP contribution in [0.5, 0.6) is 0 Å². The van der Waals surface area contributed by atoms with Gasteiger partial charge in [-0.25, -0.2) is 4.79 Å². The largest absolute Gasteiger partial charge is 0.461 e. The van der Waals surface area contributed by atoms with E-state index in [4.69, 9.17) is 11.6 Å². The molecule has 0 saturated carbocycles. The van der Waals surface area contributed by atoms with E-state index in [-0.39, 0.29) is 11.8 Å². The summed E-state index contributed by atoms with van der Waals surface area (Å²) in [5.41, 5.74) is 3.39. The predicted octanol–water partition coefficient (Wildman–Crippen LogP) is 2.21. The van der Waals surface area contributed by atoms with Crippen molar-refractivity contribution in [2.75, 3.05) is 12.0 Å². The minimum absolute atomic E-state index is 0.222. The Kier molecular flexibility index (Phi) is 4.63. The van der Waals surface area contributed by atoms with Crippen LogP contribution in [0.3, 0.4) is 0 Å². The van der Waals surface area contributed by atoms with Gasteiger partial charge < -0.3 is 4.74 Å². The Hall–Kier alpha value is -1.55. The summed E-state index contributed by atoms with van der Waals surface area (Å²) in [7, 11) is 0. The Morgan fingerprint density at radius 3 is 2.73 bits per heavy atom. The highest BCUT2D eigenvalue weighted by atomic mass is 35.5. The number of halogens is 1. The van der Waals surface area contributed by atoms with Crippen LogP contribution in [-0.2, 0) is 9.53 Å². The minimum atomic E-state index is -0.636. The molecule has 4 nitrogen and oxygen atoms in total. The monoisotopic (exact) mass is 226 g/mol. The molecule has 1 N–H and O–H groups in total. The maximum Gasteiger partial charge on any atom is 0.370 e. The zero-order valence-electron chi connectivity index (χ0n) is 8.24. The Morgan fingerprint density at radius 1 is 1.47 bits per heavy atom. The van der Waals surface area contributed by atoms with Gasteiger partial charge in [-0.15, -0.1) is 0 Å². The summed E-state index contributed by atoms with van der Waals surface area (Å²) in [6.45, 7) is 1.97. The average Bonchev–Trinajstić information content (AvgIpc) is 2.27. The second-order valence-corrected chi connectivity index (χ2v) is 2.96. The van der Waals surface area contributed by atoms with Crippen LogP contribution in [0.2, 0.25) is 0 Å². The number of rotatable bonds is 4. The van der Waals surface area contributed by atoms with Crippen molar-refractivity contribution in [2.45, 2.75) is 6.92 Å². The smallest absolute Gasteiger partial charge is 0.370 e. The number of ether oxygens (including phenoxy) is 1. The SMILES string of the molecule is CCOC(=O)/C(Cl)=N/Nc1ccccc1. The lowest BCUT2D eigenvalue weighted by atomic mass is 10.3. The fourth-order valence-electron chi connectivity index (χ4n) is 0.863. The fourth-order valence-corrected chi connectivity index (χ4v) is 0.959. The third kappa shape index (κ3) is 3.99. The summed E-state index contributed by atoms with van der Waals surface area (Å²) in [5, 5.41) is 3.45. The summed E-state index contributed by atoms with van der Waals surface area (Å²) in [6, 6.07) is 9.17. The lowest BCUT2D eigenvalue weighted by molar-refractivity contribution is -0.134. The molecule has 0 aromatic heterocycles. The Morgan fingerprint density at radius 2 is 2.13 bits per heavy atom. The number of anilines is 1. The first-order chi connectivity index (χ1) is 7.24. The zero-order chi connectivity index (χ0) is 11.1. The summed E-state index contributed by atoms with van der Waals surface area (Å²) in [5.74, 6) is -0.636. The molecule has 0 aliphatic carbocycles. The van der Waals surface area contributed by atoms with Gasteiger partial charge in [-0.1, -0.05) is 29.8 Å². The van der Waals surface area contributed by atoms with E-state index in [0.717, 1.165) is 5.69 Å². The van der Waals surface area contributed by atoms with Crippen LogP contribution in [0, 0.1) is 0 Å². The molecule has 0 unspecified atom stereocenters. The average molecular weight is 227 g/mol. The summed E-state index contributed by atoms with van der Waals surface area (Å²) >= 11 is 5.57. The number of nitrogens with zero attached hydrogens (tertiary/aromatic N) is 1. The number of para-hydroxylation sites is 1. The summed E-state index contributed by atoms with van der Waals surface area (Å²) in [4.78, 5) is 11.0. The predicted molar refractivity (Wildman–Crippen MR) is 60.0 cm³/mol. The van der Waals surface area contributed by atoms with E-state index >= 15 is 0 Å². The van der Waals surface area contributed by atoms with Gasteiger partial charge in [0.05, 0.1) is 12.3 Å². The number of carbonyl (C=O) groups is 1. The van der Waals surface area contributed by atoms with E-state index in [1.54, 1.807) is 19.1 Å². The normalized spacial score (nSPS) is 10.9. The van der Waals surface area contributed by atoms with Gasteiger partial charge in [0.2, 0.25) is 5.17 Å². The maximum atomic E-state index is 11.0. The van der Waals surface area contributed by atoms with E-state index in [1.807, 2.05) is 18.2 Å². The topological polar surface area (TPSA) is 50.7 Å². The molecular formula is C10H11ClN2O2. The third-order valence-corrected chi connectivity index (χ3v) is 1.74. The van der Waals surface area contributed by atoms with Crippen molar-refractivity contribution in [1.29, 1.82) is 0 Å². The number of carbonyl (C=O) groups excluding carboxylic acids is 1. The van der Waals surface area contributed by atoms with Gasteiger partial charge in [-0.05, 0) is 19.1 Å². The first-order valence-electron chi connectivity index (χ1n) is 4.45. The Balaban J connectivity index is 2.54. The van der Waals surface area contributed by atoms with Gasteiger partial charge in [-0.3, -0.25) is 5.43 Å². The van der Waals surface area contributed by atoms with Crippen molar-refractivity contribution in [3.63, 3.8) is 0 Å². The second-order valence-electron chi connectivity index (χ2n) is 2.60. The molecule has 5 heteroatoms. The summed E-state index contributed by atoms with van der Waals surface area (Å²) in [6.07, 6.45) is 0. The Labute approximate surface area is 92.9 Å². The maximum absolute atomic E-state index is 11.0. The number of hydrogen-bond acceptors (Lipinski definition) is 4. The van der Waals surface area contributed by atoms with Crippen LogP contribution in [0.15, 0.2) is 35.4 Å². The molecule has 80 valence electrons. The molecule has 0 heterocycles.